The molecule has 1 aromatic rings. The molecule has 2 rings (SSSR count). The van der Waals surface area contributed by atoms with Gasteiger partial charge in [0.15, 0.2) is 0 Å². The normalized spacial score (nSPS) is 17.7. The van der Waals surface area contributed by atoms with Crippen LogP contribution < -0.4 is 0 Å². The largest absolute Gasteiger partial charge is 0.275 e. The van der Waals surface area contributed by atoms with Crippen LogP contribution in [-0.2, 0) is 16.0 Å². The molecule has 0 unspecified atom stereocenters. The summed E-state index contributed by atoms with van der Waals surface area (Å²) in [5.74, 6) is -0.359. The molecule has 0 saturated carbocycles. The number of likely N-dealkylation sites (tertiary alicyclic amines) is 1. The van der Waals surface area contributed by atoms with Crippen LogP contribution in [0.2, 0.25) is 0 Å². The Morgan fingerprint density at radius 3 is 2.47 bits per heavy atom. The molecule has 1 aliphatic rings. The van der Waals surface area contributed by atoms with Crippen molar-refractivity contribution < 1.29 is 9.59 Å². The topological polar surface area (TPSA) is 37.4 Å². The first-order chi connectivity index (χ1) is 8.09. The number of imide groups is 1. The summed E-state index contributed by atoms with van der Waals surface area (Å²) in [6.07, 6.45) is 0.851. The number of benzene rings is 1. The summed E-state index contributed by atoms with van der Waals surface area (Å²) >= 11 is 0. The number of nitrogens with zero attached hydrogens (tertiary/aromatic N) is 1. The fourth-order valence-corrected chi connectivity index (χ4v) is 2.12. The minimum atomic E-state index is -0.224. The van der Waals surface area contributed by atoms with Crippen molar-refractivity contribution in [2.45, 2.75) is 25.8 Å². The summed E-state index contributed by atoms with van der Waals surface area (Å²) in [5, 5.41) is 0. The number of hydrogen-bond donors (Lipinski definition) is 0. The maximum atomic E-state index is 11.8. The van der Waals surface area contributed by atoms with Crippen LogP contribution in [0.25, 0.3) is 0 Å². The lowest BCUT2D eigenvalue weighted by Gasteiger charge is -2.22. The van der Waals surface area contributed by atoms with Crippen LogP contribution >= 0.6 is 0 Å². The monoisotopic (exact) mass is 229 g/mol. The summed E-state index contributed by atoms with van der Waals surface area (Å²) in [6, 6.07) is 9.73. The smallest absolute Gasteiger partial charge is 0.256 e. The Balaban J connectivity index is 2.11. The van der Waals surface area contributed by atoms with Crippen LogP contribution in [0.15, 0.2) is 42.5 Å². The quantitative estimate of drug-likeness (QED) is 0.586. The van der Waals surface area contributed by atoms with Crippen molar-refractivity contribution in [3.8, 4) is 0 Å². The van der Waals surface area contributed by atoms with Crippen LogP contribution in [-0.4, -0.2) is 22.8 Å². The van der Waals surface area contributed by atoms with Crippen molar-refractivity contribution in [1.82, 2.24) is 4.90 Å². The molecule has 0 aromatic heterocycles. The zero-order valence-electron chi connectivity index (χ0n) is 9.85. The van der Waals surface area contributed by atoms with Crippen molar-refractivity contribution in [2.24, 2.45) is 0 Å². The predicted octanol–water partition coefficient (Wildman–Crippen LogP) is 1.93. The second-order valence-corrected chi connectivity index (χ2v) is 4.39. The summed E-state index contributed by atoms with van der Waals surface area (Å²) < 4.78 is 0. The van der Waals surface area contributed by atoms with Crippen molar-refractivity contribution >= 4 is 11.8 Å². The third-order valence-corrected chi connectivity index (χ3v) is 2.97. The first-order valence-electron chi connectivity index (χ1n) is 5.67. The minimum absolute atomic E-state index is 0.114. The van der Waals surface area contributed by atoms with Gasteiger partial charge in [-0.3, -0.25) is 14.5 Å². The second kappa shape index (κ2) is 4.53. The maximum absolute atomic E-state index is 11.8. The number of carbonyl (C=O) groups excluding carboxylic acids is 2. The van der Waals surface area contributed by atoms with E-state index < -0.39 is 0 Å². The van der Waals surface area contributed by atoms with Gasteiger partial charge in [-0.2, -0.15) is 0 Å². The van der Waals surface area contributed by atoms with Gasteiger partial charge in [-0.1, -0.05) is 36.9 Å². The Kier molecular flexibility index (Phi) is 3.09. The molecular formula is C14H15NO2. The molecular weight excluding hydrogens is 214 g/mol. The minimum Gasteiger partial charge on any atom is -0.275 e. The summed E-state index contributed by atoms with van der Waals surface area (Å²) in [6.45, 7) is 5.50. The lowest BCUT2D eigenvalue weighted by molar-refractivity contribution is -0.139. The predicted molar refractivity (Wildman–Crippen MR) is 65.2 cm³/mol. The van der Waals surface area contributed by atoms with Gasteiger partial charge in [0.25, 0.3) is 5.91 Å². The number of carbonyl (C=O) groups is 2. The summed E-state index contributed by atoms with van der Waals surface area (Å²) in [5.41, 5.74) is 1.52. The molecule has 0 aliphatic carbocycles. The molecule has 0 spiro atoms. The van der Waals surface area contributed by atoms with Crippen molar-refractivity contribution in [3.05, 3.63) is 48.0 Å². The highest BCUT2D eigenvalue weighted by atomic mass is 16.2. The van der Waals surface area contributed by atoms with Crippen LogP contribution in [0, 0.1) is 0 Å². The van der Waals surface area contributed by atoms with E-state index in [0.717, 1.165) is 5.56 Å². The highest BCUT2D eigenvalue weighted by molar-refractivity contribution is 6.13. The molecule has 1 saturated heterocycles. The van der Waals surface area contributed by atoms with Crippen molar-refractivity contribution in [2.75, 3.05) is 0 Å². The van der Waals surface area contributed by atoms with Crippen LogP contribution in [0.5, 0.6) is 0 Å². The Hall–Kier alpha value is -1.90. The molecule has 0 radical (unpaired) electrons. The van der Waals surface area contributed by atoms with Crippen molar-refractivity contribution in [1.29, 1.82) is 0 Å². The van der Waals surface area contributed by atoms with Gasteiger partial charge in [0, 0.05) is 11.6 Å². The Bertz CT molecular complexity index is 464. The zero-order chi connectivity index (χ0) is 12.4. The third-order valence-electron chi connectivity index (χ3n) is 2.97. The first kappa shape index (κ1) is 11.6. The highest BCUT2D eigenvalue weighted by Crippen LogP contribution is 2.21. The van der Waals surface area contributed by atoms with E-state index in [1.165, 1.54) is 4.90 Å². The number of rotatable bonds is 3. The number of hydrogen-bond acceptors (Lipinski definition) is 2. The fourth-order valence-electron chi connectivity index (χ4n) is 2.12. The molecule has 1 heterocycles. The molecule has 88 valence electrons. The third kappa shape index (κ3) is 2.28. The molecule has 0 N–H and O–H groups in total. The molecule has 3 heteroatoms. The van der Waals surface area contributed by atoms with Gasteiger partial charge < -0.3 is 0 Å². The van der Waals surface area contributed by atoms with E-state index in [1.54, 1.807) is 0 Å². The molecule has 1 aliphatic heterocycles. The second-order valence-electron chi connectivity index (χ2n) is 4.39. The summed E-state index contributed by atoms with van der Waals surface area (Å²) in [7, 11) is 0. The van der Waals surface area contributed by atoms with Gasteiger partial charge in [0.1, 0.15) is 0 Å². The Labute approximate surface area is 101 Å². The average Bonchev–Trinajstić information content (AvgIpc) is 2.54. The standard InChI is InChI=1S/C14H15NO2/c1-10-8-13(16)15(14(10)17)11(2)9-12-6-4-3-5-7-12/h3-7,11H,1,8-9H2,2H3/t11-/m1/s1. The van der Waals surface area contributed by atoms with Crippen LogP contribution in [0.3, 0.4) is 0 Å². The summed E-state index contributed by atoms with van der Waals surface area (Å²) in [4.78, 5) is 24.8. The lowest BCUT2D eigenvalue weighted by atomic mass is 10.1. The Morgan fingerprint density at radius 1 is 1.29 bits per heavy atom. The van der Waals surface area contributed by atoms with E-state index in [9.17, 15) is 9.59 Å². The van der Waals surface area contributed by atoms with Gasteiger partial charge in [-0.15, -0.1) is 0 Å². The fraction of sp³-hybridized carbons (Fsp3) is 0.286. The lowest BCUT2D eigenvalue weighted by Crippen LogP contribution is -2.38. The molecule has 17 heavy (non-hydrogen) atoms. The van der Waals surface area contributed by atoms with E-state index >= 15 is 0 Å². The molecule has 1 aromatic carbocycles. The molecule has 2 amide bonds. The van der Waals surface area contributed by atoms with Crippen LogP contribution in [0.4, 0.5) is 0 Å². The van der Waals surface area contributed by atoms with Crippen LogP contribution in [0.1, 0.15) is 18.9 Å². The highest BCUT2D eigenvalue weighted by Gasteiger charge is 2.35. The van der Waals surface area contributed by atoms with E-state index in [1.807, 2.05) is 37.3 Å². The van der Waals surface area contributed by atoms with E-state index in [0.29, 0.717) is 12.0 Å². The van der Waals surface area contributed by atoms with Gasteiger partial charge in [-0.25, -0.2) is 0 Å². The van der Waals surface area contributed by atoms with E-state index in [-0.39, 0.29) is 24.3 Å². The van der Waals surface area contributed by atoms with Gasteiger partial charge in [0.2, 0.25) is 5.91 Å². The zero-order valence-corrected chi connectivity index (χ0v) is 9.85. The Morgan fingerprint density at radius 2 is 1.94 bits per heavy atom. The molecule has 0 bridgehead atoms. The molecule has 1 fully saturated rings. The van der Waals surface area contributed by atoms with Gasteiger partial charge in [-0.05, 0) is 18.9 Å². The molecule has 3 nitrogen and oxygen atoms in total. The van der Waals surface area contributed by atoms with E-state index in [4.69, 9.17) is 0 Å². The van der Waals surface area contributed by atoms with Crippen molar-refractivity contribution in [3.63, 3.8) is 0 Å². The first-order valence-corrected chi connectivity index (χ1v) is 5.67. The molecule has 1 atom stereocenters. The van der Waals surface area contributed by atoms with Gasteiger partial charge in [0.05, 0.1) is 6.42 Å². The number of amides is 2. The van der Waals surface area contributed by atoms with E-state index in [2.05, 4.69) is 6.58 Å². The SMILES string of the molecule is C=C1CC(=O)N([C@H](C)Cc2ccccc2)C1=O. The maximum Gasteiger partial charge on any atom is 0.256 e. The average molecular weight is 229 g/mol. The van der Waals surface area contributed by atoms with Gasteiger partial charge >= 0.3 is 0 Å².